The SMILES string of the molecule is Cc1cc(-c2cccc([AsH2])c2)n2ncc(C(=O)c3cccs3)c2n1. The van der Waals surface area contributed by atoms with Crippen LogP contribution in [0.25, 0.3) is 16.9 Å². The molecule has 118 valence electrons. The van der Waals surface area contributed by atoms with Crippen LogP contribution in [0.5, 0.6) is 0 Å². The van der Waals surface area contributed by atoms with Crippen LogP contribution in [-0.4, -0.2) is 37.2 Å². The summed E-state index contributed by atoms with van der Waals surface area (Å²) in [6.07, 6.45) is 1.62. The van der Waals surface area contributed by atoms with Gasteiger partial charge in [0.05, 0.1) is 0 Å². The van der Waals surface area contributed by atoms with Crippen molar-refractivity contribution in [1.29, 1.82) is 0 Å². The molecule has 0 radical (unpaired) electrons. The summed E-state index contributed by atoms with van der Waals surface area (Å²) < 4.78 is 3.00. The van der Waals surface area contributed by atoms with Gasteiger partial charge in [-0.2, -0.15) is 0 Å². The van der Waals surface area contributed by atoms with Crippen LogP contribution >= 0.6 is 11.3 Å². The van der Waals surface area contributed by atoms with Crippen molar-refractivity contribution in [1.82, 2.24) is 14.6 Å². The van der Waals surface area contributed by atoms with Crippen LogP contribution in [0.15, 0.2) is 54.0 Å². The number of fused-ring (bicyclic) bond motifs is 1. The van der Waals surface area contributed by atoms with Gasteiger partial charge < -0.3 is 0 Å². The molecule has 3 heterocycles. The minimum absolute atomic E-state index is 0.0309. The maximum absolute atomic E-state index is 12.7. The first kappa shape index (κ1) is 15.3. The number of rotatable bonds is 3. The molecule has 4 rings (SSSR count). The maximum atomic E-state index is 12.7. The predicted molar refractivity (Wildman–Crippen MR) is 99.1 cm³/mol. The molecule has 6 heteroatoms. The first-order valence-corrected chi connectivity index (χ1v) is 9.52. The Morgan fingerprint density at radius 1 is 1.21 bits per heavy atom. The van der Waals surface area contributed by atoms with Gasteiger partial charge in [-0.25, -0.2) is 0 Å². The van der Waals surface area contributed by atoms with Crippen LogP contribution in [0.3, 0.4) is 0 Å². The molecular weight excluding hydrogens is 381 g/mol. The number of nitrogens with zero attached hydrogens (tertiary/aromatic N) is 3. The Hall–Kier alpha value is -2.23. The van der Waals surface area contributed by atoms with Crippen LogP contribution in [-0.2, 0) is 0 Å². The summed E-state index contributed by atoms with van der Waals surface area (Å²) in [6.45, 7) is 1.94. The van der Waals surface area contributed by atoms with Gasteiger partial charge in [0.2, 0.25) is 0 Å². The summed E-state index contributed by atoms with van der Waals surface area (Å²) >= 11 is 3.01. The Bertz CT molecular complexity index is 1050. The molecule has 0 aliphatic heterocycles. The molecular formula is C18H14AsN3OS. The van der Waals surface area contributed by atoms with Crippen molar-refractivity contribution >= 4 is 44.0 Å². The Kier molecular flexibility index (Phi) is 3.83. The summed E-state index contributed by atoms with van der Waals surface area (Å²) in [5, 5.41) is 6.34. The first-order valence-electron chi connectivity index (χ1n) is 7.43. The summed E-state index contributed by atoms with van der Waals surface area (Å²) in [5.41, 5.74) is 4.03. The summed E-state index contributed by atoms with van der Waals surface area (Å²) in [4.78, 5) is 18.0. The number of thiophene rings is 1. The standard InChI is InChI=1S/C18H14AsN3OS/c1-11-8-15(12-4-2-5-13(19)9-12)22-18(21-11)14(10-20-22)17(23)16-6-3-7-24-16/h2-10H,19H2,1H3. The van der Waals surface area contributed by atoms with E-state index in [9.17, 15) is 4.79 Å². The molecule has 1 aromatic carbocycles. The third-order valence-electron chi connectivity index (χ3n) is 3.77. The van der Waals surface area contributed by atoms with Crippen molar-refractivity contribution in [3.05, 3.63) is 70.2 Å². The van der Waals surface area contributed by atoms with Gasteiger partial charge in [0.25, 0.3) is 0 Å². The molecule has 3 aromatic heterocycles. The minimum atomic E-state index is -0.0309. The molecule has 1 atom stereocenters. The average molecular weight is 395 g/mol. The van der Waals surface area contributed by atoms with Crippen LogP contribution in [0.4, 0.5) is 0 Å². The molecule has 0 N–H and O–H groups in total. The monoisotopic (exact) mass is 395 g/mol. The number of carbonyl (C=O) groups is 1. The van der Waals surface area contributed by atoms with Crippen LogP contribution < -0.4 is 4.35 Å². The van der Waals surface area contributed by atoms with Gasteiger partial charge in [0, 0.05) is 0 Å². The van der Waals surface area contributed by atoms with Crippen molar-refractivity contribution in [2.75, 3.05) is 0 Å². The summed E-state index contributed by atoms with van der Waals surface area (Å²) in [6, 6.07) is 14.0. The van der Waals surface area contributed by atoms with E-state index >= 15 is 0 Å². The number of carbonyl (C=O) groups excluding carboxylic acids is 1. The van der Waals surface area contributed by atoms with Gasteiger partial charge in [-0.05, 0) is 0 Å². The molecule has 0 saturated heterocycles. The van der Waals surface area contributed by atoms with Gasteiger partial charge in [-0.3, -0.25) is 0 Å². The van der Waals surface area contributed by atoms with E-state index in [0.717, 1.165) is 17.0 Å². The van der Waals surface area contributed by atoms with Crippen LogP contribution in [0.2, 0.25) is 0 Å². The van der Waals surface area contributed by atoms with Crippen molar-refractivity contribution < 1.29 is 4.79 Å². The summed E-state index contributed by atoms with van der Waals surface area (Å²) in [5.74, 6) is -0.0309. The Morgan fingerprint density at radius 2 is 2.08 bits per heavy atom. The van der Waals surface area contributed by atoms with Crippen LogP contribution in [0.1, 0.15) is 20.9 Å². The number of aromatic nitrogens is 3. The predicted octanol–water partition coefficient (Wildman–Crippen LogP) is 2.26. The second-order valence-electron chi connectivity index (χ2n) is 5.51. The van der Waals surface area contributed by atoms with Crippen molar-refractivity contribution in [2.24, 2.45) is 0 Å². The third-order valence-corrected chi connectivity index (χ3v) is 5.39. The second kappa shape index (κ2) is 6.00. The molecule has 0 saturated carbocycles. The number of ketones is 1. The van der Waals surface area contributed by atoms with E-state index in [1.54, 1.807) is 27.6 Å². The van der Waals surface area contributed by atoms with E-state index < -0.39 is 0 Å². The normalized spacial score (nSPS) is 11.1. The molecule has 24 heavy (non-hydrogen) atoms. The van der Waals surface area contributed by atoms with E-state index in [-0.39, 0.29) is 5.78 Å². The molecule has 0 fully saturated rings. The van der Waals surface area contributed by atoms with Gasteiger partial charge in [-0.15, -0.1) is 0 Å². The van der Waals surface area contributed by atoms with Crippen LogP contribution in [0, 0.1) is 6.92 Å². The zero-order chi connectivity index (χ0) is 16.7. The Morgan fingerprint density at radius 3 is 2.83 bits per heavy atom. The topological polar surface area (TPSA) is 47.3 Å². The van der Waals surface area contributed by atoms with E-state index in [4.69, 9.17) is 0 Å². The van der Waals surface area contributed by atoms with Gasteiger partial charge >= 0.3 is 152 Å². The zero-order valence-electron chi connectivity index (χ0n) is 12.9. The second-order valence-corrected chi connectivity index (χ2v) is 7.85. The fourth-order valence-corrected chi connectivity index (χ4v) is 3.98. The molecule has 0 aliphatic carbocycles. The Balaban J connectivity index is 1.94. The molecule has 0 bridgehead atoms. The van der Waals surface area contributed by atoms with Gasteiger partial charge in [0.1, 0.15) is 0 Å². The summed E-state index contributed by atoms with van der Waals surface area (Å²) in [7, 11) is 0. The molecule has 0 spiro atoms. The van der Waals surface area contributed by atoms with Crippen molar-refractivity contribution in [3.63, 3.8) is 0 Å². The van der Waals surface area contributed by atoms with E-state index in [2.05, 4.69) is 28.3 Å². The van der Waals surface area contributed by atoms with E-state index in [1.165, 1.54) is 15.7 Å². The quantitative estimate of drug-likeness (QED) is 0.395. The number of benzene rings is 1. The fraction of sp³-hybridized carbons (Fsp3) is 0.0556. The van der Waals surface area contributed by atoms with E-state index in [0.29, 0.717) is 16.1 Å². The number of aryl methyl sites for hydroxylation is 1. The van der Waals surface area contributed by atoms with Gasteiger partial charge in [-0.1, -0.05) is 0 Å². The molecule has 4 aromatic rings. The average Bonchev–Trinajstić information content (AvgIpc) is 3.23. The van der Waals surface area contributed by atoms with Crippen molar-refractivity contribution in [2.45, 2.75) is 6.92 Å². The first-order chi connectivity index (χ1) is 11.6. The number of hydrogen-bond donors (Lipinski definition) is 0. The molecule has 0 aliphatic rings. The molecule has 0 amide bonds. The van der Waals surface area contributed by atoms with E-state index in [1.807, 2.05) is 36.6 Å². The number of hydrogen-bond acceptors (Lipinski definition) is 4. The fourth-order valence-electron chi connectivity index (χ4n) is 2.69. The molecule has 1 unspecified atom stereocenters. The zero-order valence-corrected chi connectivity index (χ0v) is 16.2. The third kappa shape index (κ3) is 2.60. The van der Waals surface area contributed by atoms with Gasteiger partial charge in [0.15, 0.2) is 0 Å². The molecule has 4 nitrogen and oxygen atoms in total. The Labute approximate surface area is 151 Å². The van der Waals surface area contributed by atoms with Crippen molar-refractivity contribution in [3.8, 4) is 11.3 Å².